The molecule has 0 bridgehead atoms. The number of pyridine rings is 1. The first-order valence-electron chi connectivity index (χ1n) is 9.67. The molecule has 0 spiro atoms. The van der Waals surface area contributed by atoms with Crippen molar-refractivity contribution >= 4 is 22.8 Å². The maximum absolute atomic E-state index is 13.3. The third-order valence-corrected chi connectivity index (χ3v) is 5.03. The Bertz CT molecular complexity index is 1250. The number of nitrogens with one attached hydrogen (secondary N) is 2. The van der Waals surface area contributed by atoms with Crippen LogP contribution in [0.3, 0.4) is 0 Å². The van der Waals surface area contributed by atoms with Crippen LogP contribution in [-0.4, -0.2) is 38.7 Å². The number of aromatic amines is 1. The number of methoxy groups -OCH3 is 1. The SMILES string of the molecule is CC[C@H](NC(=O)c1cncc2c1cnn2-c1ccc(F)cc1)c1cc(C(=O)OC)c[nH]1. The van der Waals surface area contributed by atoms with Crippen molar-refractivity contribution in [3.05, 3.63) is 77.8 Å². The second kappa shape index (κ2) is 8.39. The van der Waals surface area contributed by atoms with Gasteiger partial charge >= 0.3 is 5.97 Å². The number of carbonyl (C=O) groups excluding carboxylic acids is 2. The summed E-state index contributed by atoms with van der Waals surface area (Å²) >= 11 is 0. The Kier molecular flexibility index (Phi) is 5.48. The fourth-order valence-electron chi connectivity index (χ4n) is 3.40. The standard InChI is InChI=1S/C22H20FN5O3/c1-3-18(19-8-13(9-25-19)22(30)31-2)27-21(29)17-10-24-12-20-16(17)11-26-28(20)15-6-4-14(23)5-7-15/h4-12,18,25H,3H2,1-2H3,(H,27,29)/t18-/m0/s1. The number of carbonyl (C=O) groups is 2. The van der Waals surface area contributed by atoms with Crippen LogP contribution in [-0.2, 0) is 4.74 Å². The Morgan fingerprint density at radius 2 is 2.00 bits per heavy atom. The molecule has 0 radical (unpaired) electrons. The van der Waals surface area contributed by atoms with Crippen LogP contribution in [0.5, 0.6) is 0 Å². The summed E-state index contributed by atoms with van der Waals surface area (Å²) in [5.74, 6) is -1.12. The van der Waals surface area contributed by atoms with E-state index < -0.39 is 5.97 Å². The highest BCUT2D eigenvalue weighted by Gasteiger charge is 2.20. The zero-order valence-corrected chi connectivity index (χ0v) is 16.9. The van der Waals surface area contributed by atoms with Crippen molar-refractivity contribution in [3.63, 3.8) is 0 Å². The van der Waals surface area contributed by atoms with Gasteiger partial charge in [-0.15, -0.1) is 0 Å². The second-order valence-electron chi connectivity index (χ2n) is 6.92. The minimum atomic E-state index is -0.453. The lowest BCUT2D eigenvalue weighted by molar-refractivity contribution is 0.0601. The number of halogens is 1. The summed E-state index contributed by atoms with van der Waals surface area (Å²) in [4.78, 5) is 32.0. The third-order valence-electron chi connectivity index (χ3n) is 5.03. The molecule has 0 saturated heterocycles. The maximum Gasteiger partial charge on any atom is 0.339 e. The summed E-state index contributed by atoms with van der Waals surface area (Å²) < 4.78 is 19.6. The molecule has 4 rings (SSSR count). The van der Waals surface area contributed by atoms with Gasteiger partial charge in [-0.3, -0.25) is 9.78 Å². The van der Waals surface area contributed by atoms with Gasteiger partial charge < -0.3 is 15.0 Å². The topological polar surface area (TPSA) is 102 Å². The number of ether oxygens (including phenoxy) is 1. The first-order chi connectivity index (χ1) is 15.0. The van der Waals surface area contributed by atoms with Gasteiger partial charge in [-0.25, -0.2) is 13.9 Å². The minimum Gasteiger partial charge on any atom is -0.465 e. The highest BCUT2D eigenvalue weighted by Crippen LogP contribution is 2.23. The number of aromatic nitrogens is 4. The number of amides is 1. The summed E-state index contributed by atoms with van der Waals surface area (Å²) in [7, 11) is 1.31. The Hall–Kier alpha value is -4.01. The molecule has 0 fully saturated rings. The number of rotatable bonds is 6. The molecule has 9 heteroatoms. The van der Waals surface area contributed by atoms with Crippen LogP contribution in [0.4, 0.5) is 4.39 Å². The van der Waals surface area contributed by atoms with Gasteiger partial charge in [0.05, 0.1) is 47.9 Å². The average Bonchev–Trinajstić information content (AvgIpc) is 3.45. The molecule has 1 atom stereocenters. The maximum atomic E-state index is 13.3. The van der Waals surface area contributed by atoms with Crippen molar-refractivity contribution in [1.82, 2.24) is 25.1 Å². The molecule has 0 aliphatic carbocycles. The van der Waals surface area contributed by atoms with Crippen LogP contribution in [0.15, 0.2) is 55.1 Å². The second-order valence-corrected chi connectivity index (χ2v) is 6.92. The van der Waals surface area contributed by atoms with E-state index >= 15 is 0 Å². The summed E-state index contributed by atoms with van der Waals surface area (Å²) in [5, 5.41) is 7.93. The number of hydrogen-bond donors (Lipinski definition) is 2. The van der Waals surface area contributed by atoms with E-state index in [2.05, 4.69) is 20.4 Å². The molecular formula is C22H20FN5O3. The fourth-order valence-corrected chi connectivity index (χ4v) is 3.40. The molecule has 3 heterocycles. The van der Waals surface area contributed by atoms with Crippen LogP contribution in [0.2, 0.25) is 0 Å². The largest absolute Gasteiger partial charge is 0.465 e. The number of H-pyrrole nitrogens is 1. The average molecular weight is 421 g/mol. The molecular weight excluding hydrogens is 401 g/mol. The van der Waals surface area contributed by atoms with E-state index in [0.717, 1.165) is 0 Å². The first kappa shape index (κ1) is 20.3. The van der Waals surface area contributed by atoms with Crippen molar-refractivity contribution in [2.24, 2.45) is 0 Å². The van der Waals surface area contributed by atoms with Crippen LogP contribution < -0.4 is 5.32 Å². The number of nitrogens with zero attached hydrogens (tertiary/aromatic N) is 3. The molecule has 158 valence electrons. The van der Waals surface area contributed by atoms with Crippen LogP contribution >= 0.6 is 0 Å². The smallest absolute Gasteiger partial charge is 0.339 e. The lowest BCUT2D eigenvalue weighted by Gasteiger charge is -2.16. The summed E-state index contributed by atoms with van der Waals surface area (Å²) in [6, 6.07) is 7.21. The molecule has 0 aliphatic heterocycles. The molecule has 1 aromatic carbocycles. The van der Waals surface area contributed by atoms with E-state index in [9.17, 15) is 14.0 Å². The van der Waals surface area contributed by atoms with Gasteiger partial charge in [-0.1, -0.05) is 6.92 Å². The van der Waals surface area contributed by atoms with Crippen molar-refractivity contribution < 1.29 is 18.7 Å². The van der Waals surface area contributed by atoms with Crippen molar-refractivity contribution in [3.8, 4) is 5.69 Å². The van der Waals surface area contributed by atoms with Gasteiger partial charge in [0.15, 0.2) is 0 Å². The van der Waals surface area contributed by atoms with Crippen LogP contribution in [0, 0.1) is 5.82 Å². The van der Waals surface area contributed by atoms with E-state index in [-0.39, 0.29) is 17.8 Å². The van der Waals surface area contributed by atoms with Crippen molar-refractivity contribution in [2.75, 3.05) is 7.11 Å². The fraction of sp³-hybridized carbons (Fsp3) is 0.182. The molecule has 0 saturated carbocycles. The monoisotopic (exact) mass is 421 g/mol. The van der Waals surface area contributed by atoms with Crippen LogP contribution in [0.1, 0.15) is 45.8 Å². The van der Waals surface area contributed by atoms with Gasteiger partial charge in [-0.2, -0.15) is 5.10 Å². The molecule has 31 heavy (non-hydrogen) atoms. The Morgan fingerprint density at radius 3 is 2.71 bits per heavy atom. The highest BCUT2D eigenvalue weighted by atomic mass is 19.1. The molecule has 2 N–H and O–H groups in total. The van der Waals surface area contributed by atoms with Gasteiger partial charge in [0.25, 0.3) is 5.91 Å². The van der Waals surface area contributed by atoms with Gasteiger partial charge in [0, 0.05) is 23.5 Å². The first-order valence-corrected chi connectivity index (χ1v) is 9.67. The molecule has 3 aromatic heterocycles. The summed E-state index contributed by atoms with van der Waals surface area (Å²) in [5.41, 5.74) is 2.72. The normalized spacial score (nSPS) is 12.0. The molecule has 0 aliphatic rings. The summed E-state index contributed by atoms with van der Waals surface area (Å²) in [6.45, 7) is 1.93. The third kappa shape index (κ3) is 3.89. The Balaban J connectivity index is 1.62. The van der Waals surface area contributed by atoms with E-state index in [1.165, 1.54) is 25.4 Å². The van der Waals surface area contributed by atoms with Gasteiger partial charge in [-0.05, 0) is 36.8 Å². The predicted octanol–water partition coefficient (Wildman–Crippen LogP) is 3.56. The number of hydrogen-bond acceptors (Lipinski definition) is 5. The number of fused-ring (bicyclic) bond motifs is 1. The highest BCUT2D eigenvalue weighted by molar-refractivity contribution is 6.06. The van der Waals surface area contributed by atoms with E-state index in [1.54, 1.807) is 41.5 Å². The van der Waals surface area contributed by atoms with E-state index in [0.29, 0.717) is 39.8 Å². The molecule has 8 nitrogen and oxygen atoms in total. The summed E-state index contributed by atoms with van der Waals surface area (Å²) in [6.07, 6.45) is 6.82. The van der Waals surface area contributed by atoms with Crippen LogP contribution in [0.25, 0.3) is 16.6 Å². The zero-order chi connectivity index (χ0) is 22.0. The van der Waals surface area contributed by atoms with Crippen molar-refractivity contribution in [2.45, 2.75) is 19.4 Å². The number of benzene rings is 1. The van der Waals surface area contributed by atoms with E-state index in [1.807, 2.05) is 6.92 Å². The minimum absolute atomic E-state index is 0.321. The predicted molar refractivity (Wildman–Crippen MR) is 111 cm³/mol. The quantitative estimate of drug-likeness (QED) is 0.464. The van der Waals surface area contributed by atoms with E-state index in [4.69, 9.17) is 4.74 Å². The van der Waals surface area contributed by atoms with Gasteiger partial charge in [0.2, 0.25) is 0 Å². The Morgan fingerprint density at radius 1 is 1.23 bits per heavy atom. The molecule has 0 unspecified atom stereocenters. The zero-order valence-electron chi connectivity index (χ0n) is 16.9. The lowest BCUT2D eigenvalue weighted by atomic mass is 10.1. The Labute approximate surface area is 177 Å². The number of esters is 1. The lowest BCUT2D eigenvalue weighted by Crippen LogP contribution is -2.28. The molecule has 4 aromatic rings. The van der Waals surface area contributed by atoms with Gasteiger partial charge in [0.1, 0.15) is 5.82 Å². The van der Waals surface area contributed by atoms with Crippen molar-refractivity contribution in [1.29, 1.82) is 0 Å². The molecule has 1 amide bonds.